The summed E-state index contributed by atoms with van der Waals surface area (Å²) in [4.78, 5) is 11.3. The number of nitrogens with two attached hydrogens (primary N) is 1. The van der Waals surface area contributed by atoms with Gasteiger partial charge in [0.15, 0.2) is 0 Å². The third kappa shape index (κ3) is 4.12. The van der Waals surface area contributed by atoms with Gasteiger partial charge >= 0.3 is 12.4 Å². The van der Waals surface area contributed by atoms with Gasteiger partial charge in [-0.05, 0) is 29.7 Å². The van der Waals surface area contributed by atoms with Gasteiger partial charge in [-0.25, -0.2) is 0 Å². The maximum Gasteiger partial charge on any atom is 0.416 e. The van der Waals surface area contributed by atoms with E-state index in [-0.39, 0.29) is 11.6 Å². The molecule has 1 unspecified atom stereocenters. The van der Waals surface area contributed by atoms with Gasteiger partial charge < -0.3 is 5.73 Å². The smallest absolute Gasteiger partial charge is 0.369 e. The van der Waals surface area contributed by atoms with Crippen molar-refractivity contribution in [3.05, 3.63) is 34.9 Å². The number of hydrogen-bond acceptors (Lipinski definition) is 1. The van der Waals surface area contributed by atoms with Crippen LogP contribution in [0, 0.1) is 5.92 Å². The molecule has 21 heavy (non-hydrogen) atoms. The molecule has 8 heteroatoms. The van der Waals surface area contributed by atoms with E-state index in [2.05, 4.69) is 0 Å². The molecule has 0 spiro atoms. The highest BCUT2D eigenvalue weighted by Gasteiger charge is 2.38. The van der Waals surface area contributed by atoms with E-state index in [0.717, 1.165) is 0 Å². The van der Waals surface area contributed by atoms with Crippen molar-refractivity contribution >= 4 is 5.91 Å². The number of carbonyl (C=O) groups excluding carboxylic acids is 1. The normalized spacial score (nSPS) is 14.3. The van der Waals surface area contributed by atoms with Crippen molar-refractivity contribution in [3.63, 3.8) is 0 Å². The first-order valence-electron chi connectivity index (χ1n) is 5.92. The molecule has 1 amide bonds. The predicted molar refractivity (Wildman–Crippen MR) is 63.2 cm³/mol. The fraction of sp³-hybridized carbons (Fsp3) is 0.462. The summed E-state index contributed by atoms with van der Waals surface area (Å²) >= 11 is 0. The summed E-state index contributed by atoms with van der Waals surface area (Å²) in [6.07, 6.45) is -9.90. The molecule has 1 aromatic rings. The Balaban J connectivity index is 3.55. The van der Waals surface area contributed by atoms with Gasteiger partial charge in [-0.15, -0.1) is 0 Å². The van der Waals surface area contributed by atoms with Crippen molar-refractivity contribution in [1.82, 2.24) is 0 Å². The van der Waals surface area contributed by atoms with Crippen LogP contribution in [0.3, 0.4) is 0 Å². The van der Waals surface area contributed by atoms with Crippen molar-refractivity contribution in [2.24, 2.45) is 11.7 Å². The Morgan fingerprint density at radius 3 is 1.57 bits per heavy atom. The van der Waals surface area contributed by atoms with Crippen molar-refractivity contribution in [1.29, 1.82) is 0 Å². The Labute approximate surface area is 116 Å². The Kier molecular flexibility index (Phi) is 4.60. The number of rotatable bonds is 3. The highest BCUT2D eigenvalue weighted by Crippen LogP contribution is 2.38. The summed E-state index contributed by atoms with van der Waals surface area (Å²) in [5, 5.41) is 0. The number of primary amides is 1. The molecule has 0 aliphatic rings. The minimum Gasteiger partial charge on any atom is -0.369 e. The zero-order chi connectivity index (χ0) is 16.6. The number of hydrogen-bond donors (Lipinski definition) is 1. The van der Waals surface area contributed by atoms with Crippen molar-refractivity contribution < 1.29 is 31.1 Å². The molecule has 0 heterocycles. The third-order valence-electron chi connectivity index (χ3n) is 2.94. The zero-order valence-corrected chi connectivity index (χ0v) is 11.1. The van der Waals surface area contributed by atoms with Crippen molar-refractivity contribution in [2.75, 3.05) is 0 Å². The Hall–Kier alpha value is -1.73. The monoisotopic (exact) mass is 313 g/mol. The Bertz CT molecular complexity index is 500. The molecule has 1 rings (SSSR count). The van der Waals surface area contributed by atoms with E-state index in [9.17, 15) is 31.1 Å². The number of amides is 1. The van der Waals surface area contributed by atoms with E-state index in [4.69, 9.17) is 5.73 Å². The first-order chi connectivity index (χ1) is 9.34. The van der Waals surface area contributed by atoms with Crippen LogP contribution in [0.15, 0.2) is 18.2 Å². The molecule has 0 saturated carbocycles. The maximum absolute atomic E-state index is 12.7. The van der Waals surface area contributed by atoms with Crippen molar-refractivity contribution in [2.45, 2.75) is 32.1 Å². The molecule has 118 valence electrons. The van der Waals surface area contributed by atoms with Gasteiger partial charge in [0, 0.05) is 0 Å². The summed E-state index contributed by atoms with van der Waals surface area (Å²) in [5.41, 5.74) is 1.78. The van der Waals surface area contributed by atoms with Crippen LogP contribution in [0.1, 0.15) is 36.5 Å². The predicted octanol–water partition coefficient (Wildman–Crippen LogP) is 3.95. The summed E-state index contributed by atoms with van der Waals surface area (Å²) in [5.74, 6) is -2.74. The van der Waals surface area contributed by atoms with Crippen LogP contribution in [0.5, 0.6) is 0 Å². The Morgan fingerprint density at radius 1 is 0.952 bits per heavy atom. The molecular formula is C13H13F6NO. The molecule has 0 aliphatic carbocycles. The van der Waals surface area contributed by atoms with Crippen LogP contribution in [0.2, 0.25) is 0 Å². The fourth-order valence-corrected chi connectivity index (χ4v) is 2.04. The van der Waals surface area contributed by atoms with Gasteiger partial charge in [-0.1, -0.05) is 13.8 Å². The molecule has 0 fully saturated rings. The summed E-state index contributed by atoms with van der Waals surface area (Å²) in [7, 11) is 0. The van der Waals surface area contributed by atoms with Gasteiger partial charge in [0.2, 0.25) is 5.91 Å². The average molecular weight is 313 g/mol. The van der Waals surface area contributed by atoms with Crippen molar-refractivity contribution in [3.8, 4) is 0 Å². The summed E-state index contributed by atoms with van der Waals surface area (Å²) in [6, 6.07) is 1.08. The van der Waals surface area contributed by atoms with Gasteiger partial charge in [-0.3, -0.25) is 4.79 Å². The lowest BCUT2D eigenvalue weighted by Gasteiger charge is -2.21. The second-order valence-corrected chi connectivity index (χ2v) is 4.96. The Morgan fingerprint density at radius 2 is 1.33 bits per heavy atom. The quantitative estimate of drug-likeness (QED) is 0.844. The summed E-state index contributed by atoms with van der Waals surface area (Å²) in [6.45, 7) is 2.98. The van der Waals surface area contributed by atoms with Crippen LogP contribution in [-0.2, 0) is 17.1 Å². The molecule has 0 bridgehead atoms. The molecule has 2 N–H and O–H groups in total. The second kappa shape index (κ2) is 5.57. The molecular weight excluding hydrogens is 300 g/mol. The minimum absolute atomic E-state index is 0.0158. The van der Waals surface area contributed by atoms with E-state index in [1.54, 1.807) is 0 Å². The van der Waals surface area contributed by atoms with E-state index in [1.807, 2.05) is 0 Å². The molecule has 0 aromatic heterocycles. The molecule has 2 nitrogen and oxygen atoms in total. The standard InChI is InChI=1S/C13H13F6NO/c1-6(2)10(11(20)21)7-3-8(12(14,15)16)5-9(4-7)13(17,18)19/h3-6,10H,1-2H3,(H2,20,21). The summed E-state index contributed by atoms with van der Waals surface area (Å²) < 4.78 is 76.3. The molecule has 0 saturated heterocycles. The zero-order valence-electron chi connectivity index (χ0n) is 11.1. The number of benzene rings is 1. The van der Waals surface area contributed by atoms with Crippen LogP contribution >= 0.6 is 0 Å². The second-order valence-electron chi connectivity index (χ2n) is 4.96. The van der Waals surface area contributed by atoms with E-state index in [1.165, 1.54) is 13.8 Å². The highest BCUT2D eigenvalue weighted by atomic mass is 19.4. The largest absolute Gasteiger partial charge is 0.416 e. The highest BCUT2D eigenvalue weighted by molar-refractivity contribution is 5.82. The van der Waals surface area contributed by atoms with Crippen LogP contribution in [0.25, 0.3) is 0 Å². The average Bonchev–Trinajstić information content (AvgIpc) is 2.25. The first kappa shape index (κ1) is 17.3. The molecule has 0 radical (unpaired) electrons. The van der Waals surface area contributed by atoms with Gasteiger partial charge in [0.05, 0.1) is 17.0 Å². The number of carbonyl (C=O) groups is 1. The lowest BCUT2D eigenvalue weighted by atomic mass is 9.86. The third-order valence-corrected chi connectivity index (χ3v) is 2.94. The van der Waals surface area contributed by atoms with E-state index >= 15 is 0 Å². The van der Waals surface area contributed by atoms with Crippen LogP contribution in [-0.4, -0.2) is 5.91 Å². The van der Waals surface area contributed by atoms with Gasteiger partial charge in [-0.2, -0.15) is 26.3 Å². The van der Waals surface area contributed by atoms with E-state index in [0.29, 0.717) is 12.1 Å². The fourth-order valence-electron chi connectivity index (χ4n) is 2.04. The minimum atomic E-state index is -4.95. The van der Waals surface area contributed by atoms with Crippen LogP contribution in [0.4, 0.5) is 26.3 Å². The van der Waals surface area contributed by atoms with Gasteiger partial charge in [0.1, 0.15) is 0 Å². The van der Waals surface area contributed by atoms with Crippen LogP contribution < -0.4 is 5.73 Å². The number of halogens is 6. The molecule has 1 aromatic carbocycles. The molecule has 0 aliphatic heterocycles. The lowest BCUT2D eigenvalue weighted by Crippen LogP contribution is -2.26. The first-order valence-corrected chi connectivity index (χ1v) is 5.92. The SMILES string of the molecule is CC(C)C(C(N)=O)c1cc(C(F)(F)F)cc(C(F)(F)F)c1. The van der Waals surface area contributed by atoms with Gasteiger partial charge in [0.25, 0.3) is 0 Å². The number of alkyl halides is 6. The topological polar surface area (TPSA) is 43.1 Å². The van der Waals surface area contributed by atoms with E-state index < -0.39 is 41.2 Å². The lowest BCUT2D eigenvalue weighted by molar-refractivity contribution is -0.143. The maximum atomic E-state index is 12.7. The molecule has 1 atom stereocenters.